The van der Waals surface area contributed by atoms with E-state index in [1.807, 2.05) is 11.3 Å². The third-order valence-electron chi connectivity index (χ3n) is 2.97. The van der Waals surface area contributed by atoms with E-state index < -0.39 is 0 Å². The van der Waals surface area contributed by atoms with Gasteiger partial charge in [0.25, 0.3) is 0 Å². The molecule has 86 valence electrons. The Hall–Kier alpha value is -0.820. The molecule has 0 fully saturated rings. The van der Waals surface area contributed by atoms with E-state index in [4.69, 9.17) is 0 Å². The summed E-state index contributed by atoms with van der Waals surface area (Å²) >= 11 is 1.91. The van der Waals surface area contributed by atoms with E-state index in [9.17, 15) is 0 Å². The molecule has 16 heavy (non-hydrogen) atoms. The van der Waals surface area contributed by atoms with Gasteiger partial charge in [0, 0.05) is 9.58 Å². The number of hydrogen-bond acceptors (Lipinski definition) is 1. The zero-order chi connectivity index (χ0) is 11.9. The van der Waals surface area contributed by atoms with E-state index in [1.54, 1.807) is 0 Å². The van der Waals surface area contributed by atoms with E-state index in [1.165, 1.54) is 26.1 Å². The fourth-order valence-corrected chi connectivity index (χ4v) is 3.16. The largest absolute Gasteiger partial charge is 0.140 e. The first-order valence-corrected chi connectivity index (χ1v) is 6.67. The summed E-state index contributed by atoms with van der Waals surface area (Å²) in [7, 11) is 0. The van der Waals surface area contributed by atoms with Gasteiger partial charge in [-0.2, -0.15) is 0 Å². The molecule has 1 heteroatoms. The van der Waals surface area contributed by atoms with Crippen LogP contribution >= 0.6 is 11.3 Å². The molecule has 1 heterocycles. The number of benzene rings is 1. The Morgan fingerprint density at radius 2 is 1.81 bits per heavy atom. The van der Waals surface area contributed by atoms with Gasteiger partial charge in [-0.05, 0) is 48.3 Å². The third-order valence-corrected chi connectivity index (χ3v) is 4.16. The standard InChI is InChI=1S/C15H20S/c1-10-11(2)16-14-7-6-12(8-13(10)14)9-15(3,4)5/h6-8H,9H2,1-5H3. The topological polar surface area (TPSA) is 0 Å². The van der Waals surface area contributed by atoms with Gasteiger partial charge in [0.2, 0.25) is 0 Å². The van der Waals surface area contributed by atoms with Crippen molar-refractivity contribution in [1.82, 2.24) is 0 Å². The molecular formula is C15H20S. The van der Waals surface area contributed by atoms with Crippen molar-refractivity contribution in [1.29, 1.82) is 0 Å². The molecule has 0 aliphatic heterocycles. The van der Waals surface area contributed by atoms with Gasteiger partial charge < -0.3 is 0 Å². The van der Waals surface area contributed by atoms with Crippen LogP contribution in [0, 0.1) is 19.3 Å². The molecule has 0 saturated carbocycles. The van der Waals surface area contributed by atoms with Crippen molar-refractivity contribution in [2.75, 3.05) is 0 Å². The van der Waals surface area contributed by atoms with Gasteiger partial charge in [0.15, 0.2) is 0 Å². The molecule has 0 nitrogen and oxygen atoms in total. The Balaban J connectivity index is 2.47. The van der Waals surface area contributed by atoms with Crippen molar-refractivity contribution in [3.8, 4) is 0 Å². The van der Waals surface area contributed by atoms with Crippen LogP contribution in [-0.2, 0) is 6.42 Å². The van der Waals surface area contributed by atoms with Crippen LogP contribution in [0.1, 0.15) is 36.8 Å². The van der Waals surface area contributed by atoms with Gasteiger partial charge in [-0.1, -0.05) is 32.9 Å². The summed E-state index contributed by atoms with van der Waals surface area (Å²) in [6.07, 6.45) is 1.15. The molecule has 0 saturated heterocycles. The average Bonchev–Trinajstić information content (AvgIpc) is 2.42. The van der Waals surface area contributed by atoms with Crippen molar-refractivity contribution in [2.24, 2.45) is 5.41 Å². The van der Waals surface area contributed by atoms with Gasteiger partial charge >= 0.3 is 0 Å². The molecule has 0 radical (unpaired) electrons. The van der Waals surface area contributed by atoms with Gasteiger partial charge in [-0.25, -0.2) is 0 Å². The maximum atomic E-state index is 2.37. The molecule has 0 aliphatic carbocycles. The fourth-order valence-electron chi connectivity index (χ4n) is 2.11. The van der Waals surface area contributed by atoms with E-state index >= 15 is 0 Å². The molecule has 0 aliphatic rings. The number of aryl methyl sites for hydroxylation is 2. The first-order chi connectivity index (χ1) is 7.37. The quantitative estimate of drug-likeness (QED) is 0.641. The molecule has 0 spiro atoms. The Morgan fingerprint density at radius 1 is 1.12 bits per heavy atom. The smallest absolute Gasteiger partial charge is 0.0348 e. The molecule has 1 aromatic carbocycles. The highest BCUT2D eigenvalue weighted by atomic mass is 32.1. The van der Waals surface area contributed by atoms with Crippen LogP contribution in [-0.4, -0.2) is 0 Å². The molecule has 0 bridgehead atoms. The molecule has 0 atom stereocenters. The second-order valence-corrected chi connectivity index (χ2v) is 7.11. The summed E-state index contributed by atoms with van der Waals surface area (Å²) in [5, 5.41) is 1.45. The number of rotatable bonds is 1. The molecule has 0 unspecified atom stereocenters. The van der Waals surface area contributed by atoms with Crippen molar-refractivity contribution in [3.05, 3.63) is 34.2 Å². The highest BCUT2D eigenvalue weighted by molar-refractivity contribution is 7.19. The average molecular weight is 232 g/mol. The van der Waals surface area contributed by atoms with E-state index in [0.29, 0.717) is 5.41 Å². The van der Waals surface area contributed by atoms with E-state index in [-0.39, 0.29) is 0 Å². The van der Waals surface area contributed by atoms with Gasteiger partial charge in [0.05, 0.1) is 0 Å². The first-order valence-electron chi connectivity index (χ1n) is 5.85. The lowest BCUT2D eigenvalue weighted by Crippen LogP contribution is -2.08. The predicted octanol–water partition coefficient (Wildman–Crippen LogP) is 5.11. The maximum absolute atomic E-state index is 2.37. The number of hydrogen-bond donors (Lipinski definition) is 0. The summed E-state index contributed by atoms with van der Waals surface area (Å²) in [5.74, 6) is 0. The highest BCUT2D eigenvalue weighted by Crippen LogP contribution is 2.32. The summed E-state index contributed by atoms with van der Waals surface area (Å²) in [6.45, 7) is 11.3. The zero-order valence-electron chi connectivity index (χ0n) is 10.8. The molecule has 1 aromatic heterocycles. The highest BCUT2D eigenvalue weighted by Gasteiger charge is 2.12. The first kappa shape index (κ1) is 11.7. The Bertz CT molecular complexity index is 512. The van der Waals surface area contributed by atoms with Crippen molar-refractivity contribution in [3.63, 3.8) is 0 Å². The van der Waals surface area contributed by atoms with Crippen molar-refractivity contribution < 1.29 is 0 Å². The van der Waals surface area contributed by atoms with Gasteiger partial charge in [0.1, 0.15) is 0 Å². The molecule has 2 aromatic rings. The lowest BCUT2D eigenvalue weighted by atomic mass is 9.88. The van der Waals surface area contributed by atoms with Crippen LogP contribution in [0.5, 0.6) is 0 Å². The van der Waals surface area contributed by atoms with E-state index in [2.05, 4.69) is 52.8 Å². The van der Waals surface area contributed by atoms with Crippen molar-refractivity contribution >= 4 is 21.4 Å². The SMILES string of the molecule is Cc1sc2ccc(CC(C)(C)C)cc2c1C. The van der Waals surface area contributed by atoms with Crippen LogP contribution in [0.15, 0.2) is 18.2 Å². The Morgan fingerprint density at radius 3 is 2.44 bits per heavy atom. The van der Waals surface area contributed by atoms with Crippen LogP contribution in [0.2, 0.25) is 0 Å². The number of fused-ring (bicyclic) bond motifs is 1. The Labute approximate surface area is 102 Å². The minimum atomic E-state index is 0.368. The van der Waals surface area contributed by atoms with Crippen LogP contribution in [0.3, 0.4) is 0 Å². The van der Waals surface area contributed by atoms with Crippen molar-refractivity contribution in [2.45, 2.75) is 41.0 Å². The van der Waals surface area contributed by atoms with E-state index in [0.717, 1.165) is 6.42 Å². The van der Waals surface area contributed by atoms with Gasteiger partial charge in [-0.15, -0.1) is 11.3 Å². The summed E-state index contributed by atoms with van der Waals surface area (Å²) in [5.41, 5.74) is 3.28. The molecule has 0 amide bonds. The summed E-state index contributed by atoms with van der Waals surface area (Å²) in [4.78, 5) is 1.45. The minimum absolute atomic E-state index is 0.368. The van der Waals surface area contributed by atoms with Gasteiger partial charge in [-0.3, -0.25) is 0 Å². The lowest BCUT2D eigenvalue weighted by Gasteiger charge is -2.18. The molecular weight excluding hydrogens is 212 g/mol. The third kappa shape index (κ3) is 2.30. The zero-order valence-corrected chi connectivity index (χ0v) is 11.7. The second-order valence-electron chi connectivity index (χ2n) is 5.85. The fraction of sp³-hybridized carbons (Fsp3) is 0.467. The number of thiophene rings is 1. The summed E-state index contributed by atoms with van der Waals surface area (Å²) in [6, 6.07) is 6.93. The molecule has 2 rings (SSSR count). The summed E-state index contributed by atoms with van der Waals surface area (Å²) < 4.78 is 1.42. The molecule has 0 N–H and O–H groups in total. The minimum Gasteiger partial charge on any atom is -0.140 e. The lowest BCUT2D eigenvalue weighted by molar-refractivity contribution is 0.411. The second kappa shape index (κ2) is 3.89. The Kier molecular flexibility index (Phi) is 2.83. The monoisotopic (exact) mass is 232 g/mol. The van der Waals surface area contributed by atoms with Crippen LogP contribution in [0.4, 0.5) is 0 Å². The maximum Gasteiger partial charge on any atom is 0.0348 e. The van der Waals surface area contributed by atoms with Crippen LogP contribution < -0.4 is 0 Å². The predicted molar refractivity (Wildman–Crippen MR) is 74.5 cm³/mol. The van der Waals surface area contributed by atoms with Crippen LogP contribution in [0.25, 0.3) is 10.1 Å². The normalized spacial score (nSPS) is 12.3.